The Labute approximate surface area is 95.4 Å². The van der Waals surface area contributed by atoms with E-state index in [1.807, 2.05) is 6.92 Å². The van der Waals surface area contributed by atoms with Crippen LogP contribution in [0, 0.1) is 5.41 Å². The second-order valence-corrected chi connectivity index (χ2v) is 5.82. The summed E-state index contributed by atoms with van der Waals surface area (Å²) >= 11 is 0. The molecule has 1 aliphatic heterocycles. The summed E-state index contributed by atoms with van der Waals surface area (Å²) in [5.41, 5.74) is 0.828. The van der Waals surface area contributed by atoms with Gasteiger partial charge < -0.3 is 13.9 Å². The van der Waals surface area contributed by atoms with Gasteiger partial charge in [-0.3, -0.25) is 0 Å². The van der Waals surface area contributed by atoms with Crippen molar-refractivity contribution in [1.82, 2.24) is 0 Å². The van der Waals surface area contributed by atoms with Crippen LogP contribution in [0.1, 0.15) is 27.2 Å². The van der Waals surface area contributed by atoms with Gasteiger partial charge in [-0.2, -0.15) is 0 Å². The second kappa shape index (κ2) is 6.63. The third-order valence-corrected chi connectivity index (χ3v) is 3.80. The molecule has 1 atom stereocenters. The summed E-state index contributed by atoms with van der Waals surface area (Å²) in [5.74, 6) is 0. The molecule has 0 bridgehead atoms. The SMILES string of the molecule is CCO[Si]C(C)COCC1(CC)COC1. The predicted molar refractivity (Wildman–Crippen MR) is 61.2 cm³/mol. The first-order valence-corrected chi connectivity index (χ1v) is 6.74. The van der Waals surface area contributed by atoms with Gasteiger partial charge in [0.15, 0.2) is 0 Å². The second-order valence-electron chi connectivity index (χ2n) is 4.31. The fraction of sp³-hybridized carbons (Fsp3) is 1.00. The van der Waals surface area contributed by atoms with Crippen LogP contribution in [0.3, 0.4) is 0 Å². The zero-order valence-electron chi connectivity index (χ0n) is 10.0. The minimum atomic E-state index is 0.314. The molecule has 1 rings (SSSR count). The van der Waals surface area contributed by atoms with Gasteiger partial charge in [0, 0.05) is 18.6 Å². The first kappa shape index (κ1) is 13.2. The van der Waals surface area contributed by atoms with Crippen molar-refractivity contribution in [3.63, 3.8) is 0 Å². The van der Waals surface area contributed by atoms with Gasteiger partial charge in [0.05, 0.1) is 19.8 Å². The third-order valence-electron chi connectivity index (χ3n) is 2.77. The molecule has 0 aromatic rings. The van der Waals surface area contributed by atoms with Crippen molar-refractivity contribution < 1.29 is 13.9 Å². The summed E-state index contributed by atoms with van der Waals surface area (Å²) in [5, 5.41) is 0. The van der Waals surface area contributed by atoms with E-state index >= 15 is 0 Å². The lowest BCUT2D eigenvalue weighted by atomic mass is 9.84. The number of rotatable bonds is 8. The van der Waals surface area contributed by atoms with Crippen LogP contribution >= 0.6 is 0 Å². The molecule has 1 fully saturated rings. The number of hydrogen-bond acceptors (Lipinski definition) is 3. The van der Waals surface area contributed by atoms with E-state index in [9.17, 15) is 0 Å². The first-order chi connectivity index (χ1) is 7.22. The van der Waals surface area contributed by atoms with Gasteiger partial charge in [0.25, 0.3) is 0 Å². The quantitative estimate of drug-likeness (QED) is 0.596. The van der Waals surface area contributed by atoms with Gasteiger partial charge in [-0.1, -0.05) is 13.8 Å². The molecular weight excluding hydrogens is 208 g/mol. The molecular formula is C11H22O3Si. The zero-order chi connectivity index (χ0) is 11.1. The van der Waals surface area contributed by atoms with Crippen molar-refractivity contribution in [3.05, 3.63) is 0 Å². The Morgan fingerprint density at radius 2 is 2.13 bits per heavy atom. The molecule has 1 aliphatic rings. The number of ether oxygens (including phenoxy) is 2. The summed E-state index contributed by atoms with van der Waals surface area (Å²) in [4.78, 5) is 0. The summed E-state index contributed by atoms with van der Waals surface area (Å²) in [6, 6.07) is 0. The van der Waals surface area contributed by atoms with E-state index in [2.05, 4.69) is 13.8 Å². The predicted octanol–water partition coefficient (Wildman–Crippen LogP) is 1.89. The van der Waals surface area contributed by atoms with Crippen molar-refractivity contribution in [1.29, 1.82) is 0 Å². The summed E-state index contributed by atoms with van der Waals surface area (Å²) < 4.78 is 16.4. The maximum absolute atomic E-state index is 5.74. The molecule has 15 heavy (non-hydrogen) atoms. The van der Waals surface area contributed by atoms with Crippen molar-refractivity contribution in [2.75, 3.05) is 33.0 Å². The molecule has 0 saturated carbocycles. The maximum atomic E-state index is 5.74. The molecule has 2 radical (unpaired) electrons. The average Bonchev–Trinajstić information content (AvgIpc) is 2.19. The van der Waals surface area contributed by atoms with Gasteiger partial charge in [0.1, 0.15) is 0 Å². The Kier molecular flexibility index (Phi) is 5.82. The van der Waals surface area contributed by atoms with E-state index < -0.39 is 0 Å². The Morgan fingerprint density at radius 3 is 2.60 bits per heavy atom. The molecule has 4 heteroatoms. The normalized spacial score (nSPS) is 21.0. The highest BCUT2D eigenvalue weighted by molar-refractivity contribution is 6.29. The fourth-order valence-corrected chi connectivity index (χ4v) is 2.13. The first-order valence-electron chi connectivity index (χ1n) is 5.75. The van der Waals surface area contributed by atoms with Gasteiger partial charge in [-0.15, -0.1) is 0 Å². The molecule has 0 N–H and O–H groups in total. The minimum absolute atomic E-state index is 0.314. The molecule has 1 unspecified atom stereocenters. The Morgan fingerprint density at radius 1 is 1.40 bits per heavy atom. The van der Waals surface area contributed by atoms with Crippen LogP contribution < -0.4 is 0 Å². The molecule has 0 aromatic carbocycles. The van der Waals surface area contributed by atoms with Gasteiger partial charge in [0.2, 0.25) is 9.76 Å². The van der Waals surface area contributed by atoms with Crippen LogP contribution in [0.4, 0.5) is 0 Å². The standard InChI is InChI=1S/C11H22O3Si/c1-4-11(8-13-9-11)7-12-6-10(3)15-14-5-2/h10H,4-9H2,1-3H3. The summed E-state index contributed by atoms with van der Waals surface area (Å²) in [6.45, 7) is 10.6. The van der Waals surface area contributed by atoms with E-state index in [1.54, 1.807) is 0 Å². The molecule has 0 amide bonds. The van der Waals surface area contributed by atoms with Gasteiger partial charge in [-0.05, 0) is 18.9 Å². The molecule has 1 heterocycles. The molecule has 0 aromatic heterocycles. The van der Waals surface area contributed by atoms with Gasteiger partial charge in [-0.25, -0.2) is 0 Å². The topological polar surface area (TPSA) is 27.7 Å². The lowest BCUT2D eigenvalue weighted by Crippen LogP contribution is -2.45. The lowest BCUT2D eigenvalue weighted by Gasteiger charge is -2.40. The minimum Gasteiger partial charge on any atom is -0.417 e. The molecule has 3 nitrogen and oxygen atoms in total. The largest absolute Gasteiger partial charge is 0.417 e. The van der Waals surface area contributed by atoms with Crippen LogP contribution in [0.5, 0.6) is 0 Å². The Hall–Kier alpha value is 0.0969. The summed E-state index contributed by atoms with van der Waals surface area (Å²) in [6.07, 6.45) is 1.15. The average molecular weight is 230 g/mol. The van der Waals surface area contributed by atoms with Gasteiger partial charge >= 0.3 is 0 Å². The highest BCUT2D eigenvalue weighted by atomic mass is 28.2. The van der Waals surface area contributed by atoms with E-state index in [0.717, 1.165) is 39.5 Å². The van der Waals surface area contributed by atoms with Crippen molar-refractivity contribution >= 4 is 9.76 Å². The molecule has 1 saturated heterocycles. The van der Waals surface area contributed by atoms with E-state index in [0.29, 0.717) is 20.7 Å². The van der Waals surface area contributed by atoms with E-state index in [-0.39, 0.29) is 0 Å². The monoisotopic (exact) mass is 230 g/mol. The van der Waals surface area contributed by atoms with Crippen LogP contribution in [0.15, 0.2) is 0 Å². The van der Waals surface area contributed by atoms with Crippen LogP contribution in [0.2, 0.25) is 5.54 Å². The molecule has 0 spiro atoms. The summed E-state index contributed by atoms with van der Waals surface area (Å²) in [7, 11) is 0.562. The van der Waals surface area contributed by atoms with E-state index in [4.69, 9.17) is 13.9 Å². The Balaban J connectivity index is 2.04. The number of hydrogen-bond donors (Lipinski definition) is 0. The molecule has 88 valence electrons. The lowest BCUT2D eigenvalue weighted by molar-refractivity contribution is -0.150. The van der Waals surface area contributed by atoms with Crippen LogP contribution in [-0.4, -0.2) is 42.8 Å². The van der Waals surface area contributed by atoms with Crippen molar-refractivity contribution in [2.45, 2.75) is 32.7 Å². The zero-order valence-corrected chi connectivity index (χ0v) is 11.0. The van der Waals surface area contributed by atoms with Crippen LogP contribution in [0.25, 0.3) is 0 Å². The van der Waals surface area contributed by atoms with E-state index in [1.165, 1.54) is 0 Å². The molecule has 0 aliphatic carbocycles. The highest BCUT2D eigenvalue weighted by Gasteiger charge is 2.37. The van der Waals surface area contributed by atoms with Crippen molar-refractivity contribution in [2.24, 2.45) is 5.41 Å². The van der Waals surface area contributed by atoms with Crippen molar-refractivity contribution in [3.8, 4) is 0 Å². The maximum Gasteiger partial charge on any atom is 0.235 e. The third kappa shape index (κ3) is 4.22. The highest BCUT2D eigenvalue weighted by Crippen LogP contribution is 2.31. The van der Waals surface area contributed by atoms with Crippen LogP contribution in [-0.2, 0) is 13.9 Å². The fourth-order valence-electron chi connectivity index (χ4n) is 1.49. The smallest absolute Gasteiger partial charge is 0.235 e. The Bertz CT molecular complexity index is 166.